The predicted molar refractivity (Wildman–Crippen MR) is 156 cm³/mol. The summed E-state index contributed by atoms with van der Waals surface area (Å²) in [5.74, 6) is -0.265. The second-order valence-corrected chi connectivity index (χ2v) is 10.1. The fourth-order valence-electron chi connectivity index (χ4n) is 5.06. The van der Waals surface area contributed by atoms with Gasteiger partial charge < -0.3 is 15.4 Å². The van der Waals surface area contributed by atoms with E-state index in [4.69, 9.17) is 4.74 Å². The summed E-state index contributed by atoms with van der Waals surface area (Å²) >= 11 is 0. The number of nitrogens with zero attached hydrogens (tertiary/aromatic N) is 2. The second-order valence-electron chi connectivity index (χ2n) is 10.1. The molecule has 2 aromatic carbocycles. The van der Waals surface area contributed by atoms with Crippen molar-refractivity contribution >= 4 is 29.2 Å². The second kappa shape index (κ2) is 14.9. The van der Waals surface area contributed by atoms with Gasteiger partial charge in [-0.25, -0.2) is 9.37 Å². The number of amides is 3. The standard InChI is InChI=1S/C32H37FN4O4/c1-2-41-27-20-14-23(15-21-27)31(32(40)35-25-9-4-3-5-10-25)37(26-18-16-24(33)17-19-26)30(39)13-8-12-29(38)36-28-11-6-7-22-34-28/h6-7,11,14-22,25,31H,2-5,8-10,12-13H2,1H3,(H,35,40)(H,34,36,38)/t31-/m0/s1. The van der Waals surface area contributed by atoms with Crippen LogP contribution in [0.4, 0.5) is 15.9 Å². The van der Waals surface area contributed by atoms with Crippen molar-refractivity contribution in [1.82, 2.24) is 10.3 Å². The lowest BCUT2D eigenvalue weighted by Gasteiger charge is -2.33. The number of anilines is 2. The molecule has 0 saturated heterocycles. The Labute approximate surface area is 240 Å². The van der Waals surface area contributed by atoms with Gasteiger partial charge in [0.1, 0.15) is 23.4 Å². The van der Waals surface area contributed by atoms with Crippen LogP contribution in [0.15, 0.2) is 72.9 Å². The van der Waals surface area contributed by atoms with Crippen LogP contribution in [-0.4, -0.2) is 35.4 Å². The molecule has 0 aliphatic heterocycles. The van der Waals surface area contributed by atoms with E-state index in [1.807, 2.05) is 6.92 Å². The minimum Gasteiger partial charge on any atom is -0.494 e. The number of hydrogen-bond acceptors (Lipinski definition) is 5. The first kappa shape index (κ1) is 29.7. The van der Waals surface area contributed by atoms with Gasteiger partial charge in [-0.15, -0.1) is 0 Å². The summed E-state index contributed by atoms with van der Waals surface area (Å²) in [5.41, 5.74) is 0.999. The highest BCUT2D eigenvalue weighted by molar-refractivity contribution is 6.01. The van der Waals surface area contributed by atoms with Crippen LogP contribution in [0.5, 0.6) is 5.75 Å². The molecule has 0 unspecified atom stereocenters. The Morgan fingerprint density at radius 2 is 1.71 bits per heavy atom. The Morgan fingerprint density at radius 3 is 2.37 bits per heavy atom. The van der Waals surface area contributed by atoms with Crippen LogP contribution in [0.3, 0.4) is 0 Å². The van der Waals surface area contributed by atoms with Crippen molar-refractivity contribution in [2.24, 2.45) is 0 Å². The number of carbonyl (C=O) groups is 3. The molecule has 0 bridgehead atoms. The van der Waals surface area contributed by atoms with Crippen LogP contribution in [0.25, 0.3) is 0 Å². The quantitative estimate of drug-likeness (QED) is 0.285. The lowest BCUT2D eigenvalue weighted by atomic mass is 9.94. The van der Waals surface area contributed by atoms with Crippen molar-refractivity contribution in [2.75, 3.05) is 16.8 Å². The van der Waals surface area contributed by atoms with Crippen LogP contribution in [0.1, 0.15) is 69.9 Å². The summed E-state index contributed by atoms with van der Waals surface area (Å²) in [7, 11) is 0. The van der Waals surface area contributed by atoms with Crippen molar-refractivity contribution in [3.05, 3.63) is 84.3 Å². The highest BCUT2D eigenvalue weighted by Gasteiger charge is 2.34. The number of benzene rings is 2. The molecule has 0 radical (unpaired) electrons. The Hall–Kier alpha value is -4.27. The third-order valence-corrected chi connectivity index (χ3v) is 7.07. The molecule has 1 atom stereocenters. The third kappa shape index (κ3) is 8.61. The van der Waals surface area contributed by atoms with Crippen molar-refractivity contribution in [3.8, 4) is 5.75 Å². The number of ether oxygens (including phenoxy) is 1. The van der Waals surface area contributed by atoms with Crippen LogP contribution >= 0.6 is 0 Å². The normalized spacial score (nSPS) is 14.1. The van der Waals surface area contributed by atoms with Gasteiger partial charge in [0.05, 0.1) is 6.61 Å². The molecule has 2 N–H and O–H groups in total. The van der Waals surface area contributed by atoms with E-state index in [9.17, 15) is 18.8 Å². The molecule has 1 aromatic heterocycles. The molecular weight excluding hydrogens is 523 g/mol. The van der Waals surface area contributed by atoms with E-state index in [0.717, 1.165) is 32.1 Å². The number of rotatable bonds is 12. The fourth-order valence-corrected chi connectivity index (χ4v) is 5.06. The Balaban J connectivity index is 1.58. The smallest absolute Gasteiger partial charge is 0.248 e. The molecule has 1 fully saturated rings. The molecule has 1 aliphatic carbocycles. The summed E-state index contributed by atoms with van der Waals surface area (Å²) in [4.78, 5) is 45.7. The van der Waals surface area contributed by atoms with Gasteiger partial charge in [-0.3, -0.25) is 19.3 Å². The maximum Gasteiger partial charge on any atom is 0.248 e. The summed E-state index contributed by atoms with van der Waals surface area (Å²) in [6, 6.07) is 16.9. The van der Waals surface area contributed by atoms with Gasteiger partial charge in [0.25, 0.3) is 0 Å². The molecule has 0 spiro atoms. The zero-order valence-corrected chi connectivity index (χ0v) is 23.4. The van der Waals surface area contributed by atoms with E-state index in [1.165, 1.54) is 29.2 Å². The van der Waals surface area contributed by atoms with E-state index in [0.29, 0.717) is 29.4 Å². The average molecular weight is 561 g/mol. The van der Waals surface area contributed by atoms with Gasteiger partial charge in [-0.05, 0) is 80.3 Å². The average Bonchev–Trinajstić information content (AvgIpc) is 2.98. The minimum absolute atomic E-state index is 0.0112. The van der Waals surface area contributed by atoms with E-state index >= 15 is 0 Å². The number of aromatic nitrogens is 1. The first-order chi connectivity index (χ1) is 19.9. The van der Waals surface area contributed by atoms with Gasteiger partial charge in [-0.1, -0.05) is 37.5 Å². The molecule has 9 heteroatoms. The molecule has 1 heterocycles. The zero-order chi connectivity index (χ0) is 29.0. The third-order valence-electron chi connectivity index (χ3n) is 7.07. The Morgan fingerprint density at radius 1 is 0.976 bits per heavy atom. The van der Waals surface area contributed by atoms with Gasteiger partial charge >= 0.3 is 0 Å². The van der Waals surface area contributed by atoms with Crippen molar-refractivity contribution < 1.29 is 23.5 Å². The molecule has 8 nitrogen and oxygen atoms in total. The molecular formula is C32H37FN4O4. The lowest BCUT2D eigenvalue weighted by Crippen LogP contribution is -2.47. The highest BCUT2D eigenvalue weighted by atomic mass is 19.1. The summed E-state index contributed by atoms with van der Waals surface area (Å²) < 4.78 is 19.5. The Bertz CT molecular complexity index is 1280. The van der Waals surface area contributed by atoms with Crippen molar-refractivity contribution in [2.45, 2.75) is 70.4 Å². The molecule has 3 amide bonds. The molecule has 4 rings (SSSR count). The first-order valence-corrected chi connectivity index (χ1v) is 14.3. The summed E-state index contributed by atoms with van der Waals surface area (Å²) in [6.45, 7) is 2.39. The Kier molecular flexibility index (Phi) is 10.8. The monoisotopic (exact) mass is 560 g/mol. The molecule has 3 aromatic rings. The van der Waals surface area contributed by atoms with E-state index in [-0.39, 0.29) is 43.0 Å². The van der Waals surface area contributed by atoms with Crippen molar-refractivity contribution in [3.63, 3.8) is 0 Å². The number of halogens is 1. The van der Waals surface area contributed by atoms with Gasteiger partial charge in [0, 0.05) is 30.8 Å². The van der Waals surface area contributed by atoms with Gasteiger partial charge in [0.15, 0.2) is 0 Å². The summed E-state index contributed by atoms with van der Waals surface area (Å²) in [6.07, 6.45) is 6.95. The largest absolute Gasteiger partial charge is 0.494 e. The molecule has 216 valence electrons. The van der Waals surface area contributed by atoms with Crippen LogP contribution in [-0.2, 0) is 14.4 Å². The molecule has 41 heavy (non-hydrogen) atoms. The van der Waals surface area contributed by atoms with Crippen molar-refractivity contribution in [1.29, 1.82) is 0 Å². The topological polar surface area (TPSA) is 101 Å². The minimum atomic E-state index is -0.993. The van der Waals surface area contributed by atoms with Crippen LogP contribution in [0.2, 0.25) is 0 Å². The number of pyridine rings is 1. The number of carbonyl (C=O) groups excluding carboxylic acids is 3. The zero-order valence-electron chi connectivity index (χ0n) is 23.4. The van der Waals surface area contributed by atoms with E-state index in [1.54, 1.807) is 48.7 Å². The van der Waals surface area contributed by atoms with Gasteiger partial charge in [0.2, 0.25) is 17.7 Å². The van der Waals surface area contributed by atoms with Crippen LogP contribution in [0, 0.1) is 5.82 Å². The highest BCUT2D eigenvalue weighted by Crippen LogP contribution is 2.31. The summed E-state index contributed by atoms with van der Waals surface area (Å²) in [5, 5.41) is 5.88. The molecule has 1 aliphatic rings. The first-order valence-electron chi connectivity index (χ1n) is 14.3. The lowest BCUT2D eigenvalue weighted by molar-refractivity contribution is -0.127. The van der Waals surface area contributed by atoms with Gasteiger partial charge in [-0.2, -0.15) is 0 Å². The fraction of sp³-hybridized carbons (Fsp3) is 0.375. The number of nitrogens with one attached hydrogen (secondary N) is 2. The maximum atomic E-state index is 13.9. The predicted octanol–water partition coefficient (Wildman–Crippen LogP) is 5.95. The van der Waals surface area contributed by atoms with Crippen LogP contribution < -0.4 is 20.3 Å². The number of hydrogen-bond donors (Lipinski definition) is 2. The van der Waals surface area contributed by atoms with E-state index < -0.39 is 11.9 Å². The maximum absolute atomic E-state index is 13.9. The SMILES string of the molecule is CCOc1ccc([C@@H](C(=O)NC2CCCCC2)N(C(=O)CCCC(=O)Nc2ccccn2)c2ccc(F)cc2)cc1. The van der Waals surface area contributed by atoms with E-state index in [2.05, 4.69) is 15.6 Å². The molecule has 1 saturated carbocycles.